The third-order valence-electron chi connectivity index (χ3n) is 2.79. The van der Waals surface area contributed by atoms with Crippen molar-refractivity contribution in [3.05, 3.63) is 47.3 Å². The van der Waals surface area contributed by atoms with Crippen molar-refractivity contribution in [1.29, 1.82) is 0 Å². The van der Waals surface area contributed by atoms with Crippen LogP contribution in [0.3, 0.4) is 0 Å². The predicted molar refractivity (Wildman–Crippen MR) is 75.1 cm³/mol. The van der Waals surface area contributed by atoms with Gasteiger partial charge < -0.3 is 10.6 Å². The van der Waals surface area contributed by atoms with E-state index in [-0.39, 0.29) is 11.6 Å². The summed E-state index contributed by atoms with van der Waals surface area (Å²) < 4.78 is 38.2. The van der Waals surface area contributed by atoms with Crippen LogP contribution >= 0.6 is 0 Å². The summed E-state index contributed by atoms with van der Waals surface area (Å²) >= 11 is 0. The molecular weight excluding hydrogens is 281 g/mol. The molecule has 0 aliphatic heterocycles. The van der Waals surface area contributed by atoms with E-state index in [0.29, 0.717) is 6.54 Å². The van der Waals surface area contributed by atoms with Gasteiger partial charge in [-0.05, 0) is 12.5 Å². The largest absolute Gasteiger partial charge is 0.451 e. The van der Waals surface area contributed by atoms with Gasteiger partial charge in [0.25, 0.3) is 0 Å². The van der Waals surface area contributed by atoms with Gasteiger partial charge in [0.15, 0.2) is 0 Å². The first kappa shape index (κ1) is 15.1. The maximum Gasteiger partial charge on any atom is 0.451 e. The van der Waals surface area contributed by atoms with E-state index in [1.807, 2.05) is 31.2 Å². The minimum absolute atomic E-state index is 0.115. The van der Waals surface area contributed by atoms with Crippen molar-refractivity contribution >= 4 is 11.6 Å². The van der Waals surface area contributed by atoms with Crippen LogP contribution in [0.25, 0.3) is 0 Å². The van der Waals surface area contributed by atoms with Crippen molar-refractivity contribution in [1.82, 2.24) is 9.97 Å². The molecule has 2 rings (SSSR count). The second-order valence-corrected chi connectivity index (χ2v) is 4.55. The molecule has 0 aliphatic carbocycles. The average Bonchev–Trinajstić information content (AvgIpc) is 2.44. The highest BCUT2D eigenvalue weighted by Crippen LogP contribution is 2.28. The van der Waals surface area contributed by atoms with Crippen LogP contribution in [0.5, 0.6) is 0 Å². The molecule has 7 heteroatoms. The van der Waals surface area contributed by atoms with Gasteiger partial charge in [-0.2, -0.15) is 13.2 Å². The summed E-state index contributed by atoms with van der Waals surface area (Å²) in [6, 6.07) is 9.13. The van der Waals surface area contributed by atoms with Crippen LogP contribution in [0, 0.1) is 6.92 Å². The van der Waals surface area contributed by atoms with E-state index in [1.54, 1.807) is 0 Å². The standard InChI is InChI=1S/C14H15F3N4/c1-9-4-3-5-10(6-9)8-19-12-7-11(18-2)20-13(21-12)14(15,16)17/h3-7H,8H2,1-2H3,(H2,18,19,20,21). The summed E-state index contributed by atoms with van der Waals surface area (Å²) in [4.78, 5) is 6.91. The lowest BCUT2D eigenvalue weighted by atomic mass is 10.1. The third-order valence-corrected chi connectivity index (χ3v) is 2.79. The maximum atomic E-state index is 12.7. The molecule has 0 aliphatic rings. The van der Waals surface area contributed by atoms with E-state index in [9.17, 15) is 13.2 Å². The lowest BCUT2D eigenvalue weighted by Crippen LogP contribution is -2.14. The number of aromatic nitrogens is 2. The number of hydrogen-bond acceptors (Lipinski definition) is 4. The van der Waals surface area contributed by atoms with E-state index in [0.717, 1.165) is 11.1 Å². The summed E-state index contributed by atoms with van der Waals surface area (Å²) in [5.41, 5.74) is 2.05. The number of nitrogens with zero attached hydrogens (tertiary/aromatic N) is 2. The van der Waals surface area contributed by atoms with Gasteiger partial charge in [-0.1, -0.05) is 29.8 Å². The number of aryl methyl sites for hydroxylation is 1. The quantitative estimate of drug-likeness (QED) is 0.907. The van der Waals surface area contributed by atoms with Gasteiger partial charge in [0.1, 0.15) is 11.6 Å². The van der Waals surface area contributed by atoms with Crippen molar-refractivity contribution in [2.45, 2.75) is 19.6 Å². The normalized spacial score (nSPS) is 11.3. The number of hydrogen-bond donors (Lipinski definition) is 2. The first-order chi connectivity index (χ1) is 9.88. The number of anilines is 2. The number of benzene rings is 1. The van der Waals surface area contributed by atoms with E-state index in [1.165, 1.54) is 13.1 Å². The van der Waals surface area contributed by atoms with Crippen LogP contribution in [0.2, 0.25) is 0 Å². The predicted octanol–water partition coefficient (Wildman–Crippen LogP) is 3.46. The lowest BCUT2D eigenvalue weighted by Gasteiger charge is -2.11. The molecule has 0 atom stereocenters. The number of alkyl halides is 3. The van der Waals surface area contributed by atoms with Gasteiger partial charge in [-0.25, -0.2) is 9.97 Å². The Labute approximate surface area is 120 Å². The van der Waals surface area contributed by atoms with E-state index in [2.05, 4.69) is 20.6 Å². The summed E-state index contributed by atoms with van der Waals surface area (Å²) in [5.74, 6) is -0.923. The molecule has 0 saturated heterocycles. The van der Waals surface area contributed by atoms with Crippen molar-refractivity contribution in [2.24, 2.45) is 0 Å². The Kier molecular flexibility index (Phi) is 4.30. The first-order valence-corrected chi connectivity index (χ1v) is 6.32. The van der Waals surface area contributed by atoms with Crippen molar-refractivity contribution in [2.75, 3.05) is 17.7 Å². The third kappa shape index (κ3) is 4.08. The summed E-state index contributed by atoms with van der Waals surface area (Å²) in [6.07, 6.45) is -4.58. The maximum absolute atomic E-state index is 12.7. The zero-order valence-electron chi connectivity index (χ0n) is 11.6. The monoisotopic (exact) mass is 296 g/mol. The van der Waals surface area contributed by atoms with E-state index >= 15 is 0 Å². The second kappa shape index (κ2) is 5.99. The number of rotatable bonds is 4. The topological polar surface area (TPSA) is 49.8 Å². The van der Waals surface area contributed by atoms with Crippen LogP contribution in [0.15, 0.2) is 30.3 Å². The SMILES string of the molecule is CNc1cc(NCc2cccc(C)c2)nc(C(F)(F)F)n1. The molecule has 0 spiro atoms. The summed E-state index contributed by atoms with van der Waals surface area (Å²) in [6.45, 7) is 2.34. The highest BCUT2D eigenvalue weighted by molar-refractivity contribution is 5.47. The number of nitrogens with one attached hydrogen (secondary N) is 2. The Bertz CT molecular complexity index is 626. The Morgan fingerprint density at radius 3 is 2.43 bits per heavy atom. The van der Waals surface area contributed by atoms with Crippen LogP contribution in [0.1, 0.15) is 17.0 Å². The van der Waals surface area contributed by atoms with Crippen LogP contribution in [-0.2, 0) is 12.7 Å². The van der Waals surface area contributed by atoms with Crippen molar-refractivity contribution in [3.63, 3.8) is 0 Å². The summed E-state index contributed by atoms with van der Waals surface area (Å²) in [7, 11) is 1.51. The highest BCUT2D eigenvalue weighted by atomic mass is 19.4. The minimum atomic E-state index is -4.58. The Hall–Kier alpha value is -2.31. The molecule has 0 amide bonds. The molecule has 0 bridgehead atoms. The van der Waals surface area contributed by atoms with Gasteiger partial charge in [-0.3, -0.25) is 0 Å². The first-order valence-electron chi connectivity index (χ1n) is 6.32. The fraction of sp³-hybridized carbons (Fsp3) is 0.286. The van der Waals surface area contributed by atoms with Gasteiger partial charge in [-0.15, -0.1) is 0 Å². The van der Waals surface area contributed by atoms with Crippen LogP contribution in [-0.4, -0.2) is 17.0 Å². The molecule has 1 aromatic heterocycles. The zero-order chi connectivity index (χ0) is 15.5. The van der Waals surface area contributed by atoms with E-state index in [4.69, 9.17) is 0 Å². The lowest BCUT2D eigenvalue weighted by molar-refractivity contribution is -0.144. The molecule has 4 nitrogen and oxygen atoms in total. The Morgan fingerprint density at radius 1 is 1.10 bits per heavy atom. The van der Waals surface area contributed by atoms with E-state index < -0.39 is 12.0 Å². The van der Waals surface area contributed by atoms with Crippen molar-refractivity contribution < 1.29 is 13.2 Å². The molecule has 0 radical (unpaired) electrons. The van der Waals surface area contributed by atoms with Gasteiger partial charge in [0.05, 0.1) is 0 Å². The molecule has 112 valence electrons. The molecule has 2 N–H and O–H groups in total. The average molecular weight is 296 g/mol. The minimum Gasteiger partial charge on any atom is -0.373 e. The fourth-order valence-electron chi connectivity index (χ4n) is 1.81. The molecule has 21 heavy (non-hydrogen) atoms. The Balaban J connectivity index is 2.19. The van der Waals surface area contributed by atoms with Crippen LogP contribution in [0.4, 0.5) is 24.8 Å². The number of halogens is 3. The molecule has 2 aromatic rings. The molecule has 1 aromatic carbocycles. The Morgan fingerprint density at radius 2 is 1.81 bits per heavy atom. The van der Waals surface area contributed by atoms with Gasteiger partial charge in [0, 0.05) is 19.7 Å². The molecule has 0 fully saturated rings. The molecular formula is C14H15F3N4. The van der Waals surface area contributed by atoms with Crippen molar-refractivity contribution in [3.8, 4) is 0 Å². The molecule has 0 unspecified atom stereocenters. The highest BCUT2D eigenvalue weighted by Gasteiger charge is 2.35. The van der Waals surface area contributed by atoms with Crippen LogP contribution < -0.4 is 10.6 Å². The fourth-order valence-corrected chi connectivity index (χ4v) is 1.81. The van der Waals surface area contributed by atoms with Gasteiger partial charge in [0.2, 0.25) is 5.82 Å². The smallest absolute Gasteiger partial charge is 0.373 e. The zero-order valence-corrected chi connectivity index (χ0v) is 11.6. The van der Waals surface area contributed by atoms with Gasteiger partial charge >= 0.3 is 6.18 Å². The summed E-state index contributed by atoms with van der Waals surface area (Å²) in [5, 5.41) is 5.48. The molecule has 1 heterocycles. The second-order valence-electron chi connectivity index (χ2n) is 4.55. The molecule has 0 saturated carbocycles.